The summed E-state index contributed by atoms with van der Waals surface area (Å²) in [5.74, 6) is 0. The minimum Gasteiger partial charge on any atom is -0.395 e. The Hall–Kier alpha value is -0.540. The second kappa shape index (κ2) is 5.59. The van der Waals surface area contributed by atoms with Gasteiger partial charge in [0.05, 0.1) is 6.61 Å². The van der Waals surface area contributed by atoms with Crippen LogP contribution in [-0.2, 0) is 0 Å². The van der Waals surface area contributed by atoms with Crippen molar-refractivity contribution in [3.05, 3.63) is 12.3 Å². The Bertz CT molecular complexity index is 81.1. The molecular formula is C6H14N2O. The Kier molecular flexibility index (Phi) is 5.26. The fourth-order valence-corrected chi connectivity index (χ4v) is 0.368. The topological polar surface area (TPSA) is 58.3 Å². The highest BCUT2D eigenvalue weighted by atomic mass is 16.3. The summed E-state index contributed by atoms with van der Waals surface area (Å²) in [5, 5.41) is 11.2. The number of aliphatic hydroxyl groups excluding tert-OH is 1. The number of hydrogen-bond donors (Lipinski definition) is 3. The maximum Gasteiger partial charge on any atom is 0.0603 e. The van der Waals surface area contributed by atoms with E-state index in [9.17, 15) is 0 Å². The van der Waals surface area contributed by atoms with Crippen molar-refractivity contribution in [2.24, 2.45) is 5.73 Å². The molecule has 1 unspecified atom stereocenters. The normalized spacial score (nSPS) is 14.1. The molecule has 0 aromatic rings. The highest BCUT2D eigenvalue weighted by Gasteiger charge is 1.80. The summed E-state index contributed by atoms with van der Waals surface area (Å²) in [7, 11) is 0. The van der Waals surface area contributed by atoms with Gasteiger partial charge in [-0.3, -0.25) is 0 Å². The number of nitrogens with one attached hydrogen (secondary N) is 1. The van der Waals surface area contributed by atoms with Gasteiger partial charge >= 0.3 is 0 Å². The quantitative estimate of drug-likeness (QED) is 0.447. The third-order valence-electron chi connectivity index (χ3n) is 0.774. The van der Waals surface area contributed by atoms with Gasteiger partial charge in [0.15, 0.2) is 0 Å². The van der Waals surface area contributed by atoms with Gasteiger partial charge in [0, 0.05) is 12.6 Å². The molecule has 0 aromatic heterocycles. The lowest BCUT2D eigenvalue weighted by Gasteiger charge is -1.96. The van der Waals surface area contributed by atoms with E-state index in [0.717, 1.165) is 0 Å². The molecule has 1 atom stereocenters. The molecular weight excluding hydrogens is 116 g/mol. The SMILES string of the molecule is CC(N)/C=C\NCCO. The molecule has 0 aliphatic heterocycles. The standard InChI is InChI=1S/C6H14N2O/c1-6(7)2-3-8-4-5-9/h2-3,6,8-9H,4-5,7H2,1H3/b3-2-. The second-order valence-corrected chi connectivity index (χ2v) is 1.90. The summed E-state index contributed by atoms with van der Waals surface area (Å²) in [6.45, 7) is 2.63. The Morgan fingerprint density at radius 3 is 2.89 bits per heavy atom. The van der Waals surface area contributed by atoms with Gasteiger partial charge in [0.2, 0.25) is 0 Å². The van der Waals surface area contributed by atoms with Crippen LogP contribution in [0.2, 0.25) is 0 Å². The average Bonchev–Trinajstić information content (AvgIpc) is 1.80. The lowest BCUT2D eigenvalue weighted by molar-refractivity contribution is 0.298. The third-order valence-corrected chi connectivity index (χ3v) is 0.774. The molecule has 0 radical (unpaired) electrons. The van der Waals surface area contributed by atoms with Crippen molar-refractivity contribution in [3.63, 3.8) is 0 Å². The molecule has 54 valence electrons. The smallest absolute Gasteiger partial charge is 0.0603 e. The van der Waals surface area contributed by atoms with Gasteiger partial charge in [-0.15, -0.1) is 0 Å². The van der Waals surface area contributed by atoms with Crippen molar-refractivity contribution in [1.82, 2.24) is 5.32 Å². The number of nitrogens with two attached hydrogens (primary N) is 1. The van der Waals surface area contributed by atoms with Crippen molar-refractivity contribution < 1.29 is 5.11 Å². The molecule has 0 heterocycles. The first-order valence-electron chi connectivity index (χ1n) is 3.04. The Labute approximate surface area is 55.6 Å². The summed E-state index contributed by atoms with van der Waals surface area (Å²) >= 11 is 0. The first kappa shape index (κ1) is 8.46. The molecule has 0 bridgehead atoms. The molecule has 4 N–H and O–H groups in total. The molecule has 0 fully saturated rings. The molecule has 0 amide bonds. The lowest BCUT2D eigenvalue weighted by Crippen LogP contribution is -2.15. The molecule has 0 aromatic carbocycles. The fraction of sp³-hybridized carbons (Fsp3) is 0.667. The minimum atomic E-state index is 0.0798. The molecule has 0 aliphatic rings. The summed E-state index contributed by atoms with van der Waals surface area (Å²) < 4.78 is 0. The van der Waals surface area contributed by atoms with Gasteiger partial charge in [-0.25, -0.2) is 0 Å². The molecule has 9 heavy (non-hydrogen) atoms. The van der Waals surface area contributed by atoms with Crippen LogP contribution < -0.4 is 11.1 Å². The van der Waals surface area contributed by atoms with Gasteiger partial charge < -0.3 is 16.2 Å². The number of rotatable bonds is 4. The Morgan fingerprint density at radius 1 is 1.78 bits per heavy atom. The molecule has 0 rings (SSSR count). The van der Waals surface area contributed by atoms with E-state index < -0.39 is 0 Å². The first-order chi connectivity index (χ1) is 4.27. The minimum absolute atomic E-state index is 0.0798. The molecule has 0 spiro atoms. The van der Waals surface area contributed by atoms with E-state index in [0.29, 0.717) is 6.54 Å². The van der Waals surface area contributed by atoms with E-state index in [-0.39, 0.29) is 12.6 Å². The highest BCUT2D eigenvalue weighted by molar-refractivity contribution is 4.86. The number of aliphatic hydroxyl groups is 1. The molecule has 3 heteroatoms. The van der Waals surface area contributed by atoms with Crippen LogP contribution in [0.3, 0.4) is 0 Å². The highest BCUT2D eigenvalue weighted by Crippen LogP contribution is 1.74. The zero-order valence-electron chi connectivity index (χ0n) is 5.67. The zero-order chi connectivity index (χ0) is 7.11. The predicted molar refractivity (Wildman–Crippen MR) is 37.9 cm³/mol. The van der Waals surface area contributed by atoms with E-state index in [1.807, 2.05) is 13.0 Å². The van der Waals surface area contributed by atoms with E-state index >= 15 is 0 Å². The van der Waals surface area contributed by atoms with Crippen molar-refractivity contribution >= 4 is 0 Å². The zero-order valence-corrected chi connectivity index (χ0v) is 5.67. The molecule has 0 saturated heterocycles. The second-order valence-electron chi connectivity index (χ2n) is 1.90. The maximum atomic E-state index is 8.30. The van der Waals surface area contributed by atoms with Gasteiger partial charge in [-0.2, -0.15) is 0 Å². The summed E-state index contributed by atoms with van der Waals surface area (Å²) in [6.07, 6.45) is 3.58. The van der Waals surface area contributed by atoms with Gasteiger partial charge in [-0.1, -0.05) is 6.08 Å². The summed E-state index contributed by atoms with van der Waals surface area (Å²) in [5.41, 5.74) is 5.39. The van der Waals surface area contributed by atoms with Crippen molar-refractivity contribution in [2.75, 3.05) is 13.2 Å². The van der Waals surface area contributed by atoms with Crippen LogP contribution in [0.25, 0.3) is 0 Å². The monoisotopic (exact) mass is 130 g/mol. The maximum absolute atomic E-state index is 8.30. The first-order valence-corrected chi connectivity index (χ1v) is 3.04. The van der Waals surface area contributed by atoms with E-state index in [1.54, 1.807) is 6.20 Å². The molecule has 0 aliphatic carbocycles. The fourth-order valence-electron chi connectivity index (χ4n) is 0.368. The Balaban J connectivity index is 3.04. The summed E-state index contributed by atoms with van der Waals surface area (Å²) in [6, 6.07) is 0.0798. The number of hydrogen-bond acceptors (Lipinski definition) is 3. The van der Waals surface area contributed by atoms with Crippen molar-refractivity contribution in [1.29, 1.82) is 0 Å². The van der Waals surface area contributed by atoms with Crippen LogP contribution in [0.1, 0.15) is 6.92 Å². The van der Waals surface area contributed by atoms with Crippen molar-refractivity contribution in [3.8, 4) is 0 Å². The third kappa shape index (κ3) is 7.46. The van der Waals surface area contributed by atoms with Crippen LogP contribution >= 0.6 is 0 Å². The summed E-state index contributed by atoms with van der Waals surface area (Å²) in [4.78, 5) is 0. The Morgan fingerprint density at radius 2 is 2.44 bits per heavy atom. The van der Waals surface area contributed by atoms with E-state index in [2.05, 4.69) is 5.32 Å². The van der Waals surface area contributed by atoms with Gasteiger partial charge in [0.25, 0.3) is 0 Å². The van der Waals surface area contributed by atoms with Crippen LogP contribution in [0.5, 0.6) is 0 Å². The average molecular weight is 130 g/mol. The lowest BCUT2D eigenvalue weighted by atomic mass is 10.4. The predicted octanol–water partition coefficient (Wildman–Crippen LogP) is -0.571. The van der Waals surface area contributed by atoms with Gasteiger partial charge in [0.1, 0.15) is 0 Å². The van der Waals surface area contributed by atoms with Gasteiger partial charge in [-0.05, 0) is 13.1 Å². The van der Waals surface area contributed by atoms with Crippen LogP contribution in [-0.4, -0.2) is 24.3 Å². The van der Waals surface area contributed by atoms with Crippen LogP contribution in [0.15, 0.2) is 12.3 Å². The largest absolute Gasteiger partial charge is 0.395 e. The van der Waals surface area contributed by atoms with Crippen LogP contribution in [0.4, 0.5) is 0 Å². The molecule has 0 saturated carbocycles. The van der Waals surface area contributed by atoms with E-state index in [1.165, 1.54) is 0 Å². The molecule has 3 nitrogen and oxygen atoms in total. The van der Waals surface area contributed by atoms with E-state index in [4.69, 9.17) is 10.8 Å². The van der Waals surface area contributed by atoms with Crippen molar-refractivity contribution in [2.45, 2.75) is 13.0 Å². The van der Waals surface area contributed by atoms with Crippen LogP contribution in [0, 0.1) is 0 Å².